The largest absolute Gasteiger partial charge is 0.573 e. The molecule has 2 amide bonds. The Morgan fingerprint density at radius 2 is 1.84 bits per heavy atom. The molecule has 0 bridgehead atoms. The lowest BCUT2D eigenvalue weighted by Crippen LogP contribution is -2.27. The van der Waals surface area contributed by atoms with Gasteiger partial charge in [0.2, 0.25) is 0 Å². The monoisotopic (exact) mass is 610 g/mol. The predicted molar refractivity (Wildman–Crippen MR) is 159 cm³/mol. The smallest absolute Gasteiger partial charge is 0.406 e. The van der Waals surface area contributed by atoms with Gasteiger partial charge in [-0.3, -0.25) is 0 Å². The van der Waals surface area contributed by atoms with E-state index in [0.717, 1.165) is 28.1 Å². The number of alkyl halides is 3. The average molecular weight is 611 g/mol. The fourth-order valence-corrected chi connectivity index (χ4v) is 5.29. The van der Waals surface area contributed by atoms with Crippen molar-refractivity contribution < 1.29 is 27.1 Å². The minimum absolute atomic E-state index is 0.106. The molecule has 0 aliphatic carbocycles. The highest BCUT2D eigenvalue weighted by molar-refractivity contribution is 8.14. The quantitative estimate of drug-likeness (QED) is 0.220. The number of halogens is 4. The molecule has 13 heteroatoms. The first-order valence-electron chi connectivity index (χ1n) is 13.2. The maximum Gasteiger partial charge on any atom is 0.573 e. The van der Waals surface area contributed by atoms with Gasteiger partial charge >= 0.3 is 12.4 Å². The van der Waals surface area contributed by atoms with Crippen molar-refractivity contribution in [2.45, 2.75) is 26.1 Å². The molecule has 3 aromatic carbocycles. The minimum Gasteiger partial charge on any atom is -0.406 e. The molecule has 1 aliphatic heterocycles. The van der Waals surface area contributed by atoms with E-state index in [1.165, 1.54) is 65.4 Å². The van der Waals surface area contributed by atoms with E-state index in [4.69, 9.17) is 0 Å². The van der Waals surface area contributed by atoms with Gasteiger partial charge in [-0.25, -0.2) is 18.9 Å². The third-order valence-corrected chi connectivity index (χ3v) is 7.31. The molecule has 0 atom stereocenters. The normalized spacial score (nSPS) is 14.7. The summed E-state index contributed by atoms with van der Waals surface area (Å²) in [5.41, 5.74) is 3.75. The lowest BCUT2D eigenvalue weighted by atomic mass is 10.0. The fourth-order valence-electron chi connectivity index (χ4n) is 4.34. The Hall–Kier alpha value is -4.65. The number of carbonyl (C=O) groups is 1. The van der Waals surface area contributed by atoms with Gasteiger partial charge in [0, 0.05) is 29.7 Å². The van der Waals surface area contributed by atoms with Gasteiger partial charge in [0.15, 0.2) is 11.0 Å². The van der Waals surface area contributed by atoms with E-state index in [1.807, 2.05) is 43.0 Å². The molecular formula is C30H26F4N6O2S. The number of anilines is 1. The number of nitrogens with zero attached hydrogens (tertiary/aromatic N) is 5. The molecule has 5 rings (SSSR count). The van der Waals surface area contributed by atoms with E-state index in [2.05, 4.69) is 25.1 Å². The number of carbonyl (C=O) groups excluding carboxylic acids is 1. The number of urea groups is 1. The molecule has 1 aliphatic rings. The van der Waals surface area contributed by atoms with Crippen LogP contribution in [0.25, 0.3) is 23.2 Å². The molecule has 4 aromatic rings. The van der Waals surface area contributed by atoms with Crippen LogP contribution >= 0.6 is 11.8 Å². The molecule has 1 saturated heterocycles. The third kappa shape index (κ3) is 7.60. The molecule has 0 radical (unpaired) electrons. The Bertz CT molecular complexity index is 1650. The maximum atomic E-state index is 13.8. The van der Waals surface area contributed by atoms with E-state index in [-0.39, 0.29) is 17.5 Å². The van der Waals surface area contributed by atoms with Crippen LogP contribution < -0.4 is 15.0 Å². The summed E-state index contributed by atoms with van der Waals surface area (Å²) in [5, 5.41) is 7.61. The summed E-state index contributed by atoms with van der Waals surface area (Å²) in [6, 6.07) is 16.7. The van der Waals surface area contributed by atoms with Gasteiger partial charge in [-0.2, -0.15) is 4.99 Å². The van der Waals surface area contributed by atoms with E-state index >= 15 is 0 Å². The lowest BCUT2D eigenvalue weighted by molar-refractivity contribution is -0.274. The lowest BCUT2D eigenvalue weighted by Gasteiger charge is -2.23. The Balaban J connectivity index is 1.19. The van der Waals surface area contributed by atoms with Crippen molar-refractivity contribution in [1.82, 2.24) is 20.1 Å². The number of amidine groups is 1. The summed E-state index contributed by atoms with van der Waals surface area (Å²) in [6.07, 6.45) is -0.0793. The van der Waals surface area contributed by atoms with E-state index in [0.29, 0.717) is 23.2 Å². The second kappa shape index (κ2) is 12.7. The second-order valence-electron chi connectivity index (χ2n) is 9.71. The van der Waals surface area contributed by atoms with E-state index in [1.54, 1.807) is 12.1 Å². The van der Waals surface area contributed by atoms with Crippen molar-refractivity contribution in [2.24, 2.45) is 4.99 Å². The summed E-state index contributed by atoms with van der Waals surface area (Å²) < 4.78 is 56.3. The standard InChI is InChI=1S/C30H26F4N6O2S/c1-19(2)25-17-22(31)7-12-26(25)39-15-16-43-29(39)37-28(41)35-14-13-20-3-5-21(6-4-20)27-36-18-40(38-27)23-8-10-24(11-9-23)42-30(32,33)34/h3-14,17-19H,15-16H2,1-2H3,(H,35,41)/b14-13+,37-29?. The van der Waals surface area contributed by atoms with Crippen molar-refractivity contribution >= 4 is 34.7 Å². The highest BCUT2D eigenvalue weighted by Crippen LogP contribution is 2.33. The summed E-state index contributed by atoms with van der Waals surface area (Å²) in [7, 11) is 0. The Kier molecular flexibility index (Phi) is 8.81. The Morgan fingerprint density at radius 3 is 2.53 bits per heavy atom. The number of rotatable bonds is 7. The van der Waals surface area contributed by atoms with Crippen LogP contribution in [0, 0.1) is 5.82 Å². The number of thioether (sulfide) groups is 1. The van der Waals surface area contributed by atoms with Crippen LogP contribution in [0.15, 0.2) is 84.2 Å². The molecule has 1 aromatic heterocycles. The fraction of sp³-hybridized carbons (Fsp3) is 0.200. The van der Waals surface area contributed by atoms with Gasteiger partial charge in [-0.1, -0.05) is 49.9 Å². The van der Waals surface area contributed by atoms with Crippen LogP contribution in [0.5, 0.6) is 5.75 Å². The van der Waals surface area contributed by atoms with Gasteiger partial charge < -0.3 is 15.0 Å². The molecule has 8 nitrogen and oxygen atoms in total. The number of hydrogen-bond donors (Lipinski definition) is 1. The van der Waals surface area contributed by atoms with Crippen molar-refractivity contribution in [3.63, 3.8) is 0 Å². The molecule has 43 heavy (non-hydrogen) atoms. The molecule has 0 saturated carbocycles. The van der Waals surface area contributed by atoms with Crippen LogP contribution in [0.4, 0.5) is 28.0 Å². The highest BCUT2D eigenvalue weighted by atomic mass is 32.2. The maximum absolute atomic E-state index is 13.8. The molecule has 0 unspecified atom stereocenters. The highest BCUT2D eigenvalue weighted by Gasteiger charge is 2.31. The number of nitrogens with one attached hydrogen (secondary N) is 1. The minimum atomic E-state index is -4.76. The molecule has 2 heterocycles. The second-order valence-corrected chi connectivity index (χ2v) is 10.8. The first kappa shape index (κ1) is 29.8. The average Bonchev–Trinajstić information content (AvgIpc) is 3.63. The predicted octanol–water partition coefficient (Wildman–Crippen LogP) is 7.39. The summed E-state index contributed by atoms with van der Waals surface area (Å²) >= 11 is 1.47. The number of hydrogen-bond acceptors (Lipinski definition) is 5. The number of ether oxygens (including phenoxy) is 1. The van der Waals surface area contributed by atoms with Crippen molar-refractivity contribution in [2.75, 3.05) is 17.2 Å². The van der Waals surface area contributed by atoms with Gasteiger partial charge in [0.05, 0.1) is 5.69 Å². The Morgan fingerprint density at radius 1 is 1.09 bits per heavy atom. The molecule has 1 N–H and O–H groups in total. The summed E-state index contributed by atoms with van der Waals surface area (Å²) in [6.45, 7) is 4.66. The molecular weight excluding hydrogens is 584 g/mol. The summed E-state index contributed by atoms with van der Waals surface area (Å²) in [5.74, 6) is 0.671. The number of aromatic nitrogens is 3. The van der Waals surface area contributed by atoms with Gasteiger partial charge in [-0.15, -0.1) is 18.3 Å². The topological polar surface area (TPSA) is 84.6 Å². The molecule has 0 spiro atoms. The van der Waals surface area contributed by atoms with Crippen molar-refractivity contribution in [3.8, 4) is 22.8 Å². The van der Waals surface area contributed by atoms with Gasteiger partial charge in [0.25, 0.3) is 0 Å². The van der Waals surface area contributed by atoms with Crippen molar-refractivity contribution in [3.05, 3.63) is 96.2 Å². The first-order valence-corrected chi connectivity index (χ1v) is 14.2. The van der Waals surface area contributed by atoms with E-state index in [9.17, 15) is 22.4 Å². The zero-order chi connectivity index (χ0) is 30.6. The van der Waals surface area contributed by atoms with Crippen LogP contribution in [0.3, 0.4) is 0 Å². The zero-order valence-corrected chi connectivity index (χ0v) is 23.9. The Labute approximate surface area is 249 Å². The van der Waals surface area contributed by atoms with Crippen molar-refractivity contribution in [1.29, 1.82) is 0 Å². The van der Waals surface area contributed by atoms with Gasteiger partial charge in [0.1, 0.15) is 17.9 Å². The SMILES string of the molecule is CC(C)c1cc(F)ccc1N1CCSC1=NC(=O)N/C=C/c1ccc(-c2ncn(-c3ccc(OC(F)(F)F)cc3)n2)cc1. The third-order valence-electron chi connectivity index (χ3n) is 6.35. The van der Waals surface area contributed by atoms with Crippen LogP contribution in [0.1, 0.15) is 30.9 Å². The number of benzene rings is 3. The molecule has 1 fully saturated rings. The van der Waals surface area contributed by atoms with Gasteiger partial charge in [-0.05, 0) is 65.6 Å². The van der Waals surface area contributed by atoms with E-state index < -0.39 is 12.4 Å². The zero-order valence-electron chi connectivity index (χ0n) is 23.0. The van der Waals surface area contributed by atoms with Crippen LogP contribution in [-0.2, 0) is 0 Å². The number of amides is 2. The molecule has 222 valence electrons. The van der Waals surface area contributed by atoms with Crippen LogP contribution in [-0.4, -0.2) is 44.6 Å². The first-order chi connectivity index (χ1) is 20.6. The number of aliphatic imine (C=N–C) groups is 1. The van der Waals surface area contributed by atoms with Crippen LogP contribution in [0.2, 0.25) is 0 Å². The summed E-state index contributed by atoms with van der Waals surface area (Å²) in [4.78, 5) is 23.0.